The third-order valence-corrected chi connectivity index (χ3v) is 2.25. The van der Waals surface area contributed by atoms with E-state index in [1.54, 1.807) is 6.92 Å². The van der Waals surface area contributed by atoms with E-state index in [-0.39, 0.29) is 5.97 Å². The van der Waals surface area contributed by atoms with Gasteiger partial charge in [0.2, 0.25) is 5.89 Å². The molecule has 0 bridgehead atoms. The molecular weight excluding hydrogens is 220 g/mol. The third kappa shape index (κ3) is 4.03. The van der Waals surface area contributed by atoms with Crippen molar-refractivity contribution in [3.05, 3.63) is 29.5 Å². The zero-order chi connectivity index (χ0) is 12.8. The quantitative estimate of drug-likeness (QED) is 0.601. The molecule has 0 aliphatic rings. The topological polar surface area (TPSA) is 64.4 Å². The number of nitrogens with one attached hydrogen (secondary N) is 1. The molecular formula is C12H18N2O3. The maximum atomic E-state index is 11.2. The zero-order valence-corrected chi connectivity index (χ0v) is 10.5. The molecule has 1 heterocycles. The van der Waals surface area contributed by atoms with E-state index in [1.165, 1.54) is 0 Å². The lowest BCUT2D eigenvalue weighted by Crippen LogP contribution is -2.21. The molecule has 1 rings (SSSR count). The SMILES string of the molecule is C=C(CNCc1nc(C)c(C)o1)C(=O)OCC. The van der Waals surface area contributed by atoms with E-state index < -0.39 is 0 Å². The summed E-state index contributed by atoms with van der Waals surface area (Å²) >= 11 is 0. The van der Waals surface area contributed by atoms with Gasteiger partial charge >= 0.3 is 5.97 Å². The van der Waals surface area contributed by atoms with Crippen molar-refractivity contribution in [3.63, 3.8) is 0 Å². The number of nitrogens with zero attached hydrogens (tertiary/aromatic N) is 1. The van der Waals surface area contributed by atoms with Crippen LogP contribution in [0.1, 0.15) is 24.3 Å². The van der Waals surface area contributed by atoms with Gasteiger partial charge in [-0.3, -0.25) is 0 Å². The van der Waals surface area contributed by atoms with Crippen molar-refractivity contribution in [2.45, 2.75) is 27.3 Å². The van der Waals surface area contributed by atoms with Gasteiger partial charge in [-0.2, -0.15) is 0 Å². The average molecular weight is 238 g/mol. The van der Waals surface area contributed by atoms with Crippen molar-refractivity contribution in [1.29, 1.82) is 0 Å². The summed E-state index contributed by atoms with van der Waals surface area (Å²) in [6, 6.07) is 0. The molecule has 5 nitrogen and oxygen atoms in total. The monoisotopic (exact) mass is 238 g/mol. The van der Waals surface area contributed by atoms with Crippen LogP contribution in [0.4, 0.5) is 0 Å². The number of esters is 1. The highest BCUT2D eigenvalue weighted by Crippen LogP contribution is 2.07. The molecule has 1 N–H and O–H groups in total. The molecule has 0 saturated carbocycles. The van der Waals surface area contributed by atoms with Crippen LogP contribution in [-0.4, -0.2) is 24.1 Å². The molecule has 17 heavy (non-hydrogen) atoms. The molecule has 0 amide bonds. The Morgan fingerprint density at radius 3 is 2.76 bits per heavy atom. The van der Waals surface area contributed by atoms with E-state index in [0.29, 0.717) is 31.2 Å². The van der Waals surface area contributed by atoms with Crippen LogP contribution in [0.5, 0.6) is 0 Å². The summed E-state index contributed by atoms with van der Waals surface area (Å²) < 4.78 is 10.2. The summed E-state index contributed by atoms with van der Waals surface area (Å²) in [5.41, 5.74) is 1.28. The second kappa shape index (κ2) is 6.20. The van der Waals surface area contributed by atoms with Gasteiger partial charge in [-0.05, 0) is 20.8 Å². The fourth-order valence-corrected chi connectivity index (χ4v) is 1.24. The molecule has 0 spiro atoms. The Labute approximate surface area is 101 Å². The first-order chi connectivity index (χ1) is 8.04. The van der Waals surface area contributed by atoms with E-state index in [2.05, 4.69) is 16.9 Å². The maximum Gasteiger partial charge on any atom is 0.334 e. The molecule has 0 saturated heterocycles. The maximum absolute atomic E-state index is 11.2. The van der Waals surface area contributed by atoms with E-state index >= 15 is 0 Å². The van der Waals surface area contributed by atoms with Gasteiger partial charge in [0, 0.05) is 12.1 Å². The largest absolute Gasteiger partial charge is 0.463 e. The third-order valence-electron chi connectivity index (χ3n) is 2.25. The summed E-state index contributed by atoms with van der Waals surface area (Å²) in [7, 11) is 0. The normalized spacial score (nSPS) is 10.3. The summed E-state index contributed by atoms with van der Waals surface area (Å²) in [4.78, 5) is 15.5. The van der Waals surface area contributed by atoms with Gasteiger partial charge in [0.15, 0.2) is 0 Å². The number of hydrogen-bond donors (Lipinski definition) is 1. The van der Waals surface area contributed by atoms with Crippen LogP contribution < -0.4 is 5.32 Å². The molecule has 1 aromatic heterocycles. The average Bonchev–Trinajstić information content (AvgIpc) is 2.58. The number of carbonyl (C=O) groups excluding carboxylic acids is 1. The lowest BCUT2D eigenvalue weighted by Gasteiger charge is -2.05. The van der Waals surface area contributed by atoms with Crippen molar-refractivity contribution in [2.24, 2.45) is 0 Å². The van der Waals surface area contributed by atoms with Gasteiger partial charge < -0.3 is 14.5 Å². The van der Waals surface area contributed by atoms with E-state index in [0.717, 1.165) is 11.5 Å². The molecule has 0 aliphatic carbocycles. The van der Waals surface area contributed by atoms with Crippen molar-refractivity contribution >= 4 is 5.97 Å². The smallest absolute Gasteiger partial charge is 0.334 e. The number of aromatic nitrogens is 1. The molecule has 0 aliphatic heterocycles. The lowest BCUT2D eigenvalue weighted by molar-refractivity contribution is -0.138. The fourth-order valence-electron chi connectivity index (χ4n) is 1.24. The van der Waals surface area contributed by atoms with E-state index in [4.69, 9.17) is 9.15 Å². The summed E-state index contributed by atoms with van der Waals surface area (Å²) in [5.74, 6) is 1.04. The molecule has 0 fully saturated rings. The van der Waals surface area contributed by atoms with Crippen LogP contribution in [0.3, 0.4) is 0 Å². The van der Waals surface area contributed by atoms with Crippen molar-refractivity contribution < 1.29 is 13.9 Å². The fraction of sp³-hybridized carbons (Fsp3) is 0.500. The minimum Gasteiger partial charge on any atom is -0.463 e. The van der Waals surface area contributed by atoms with Crippen molar-refractivity contribution in [3.8, 4) is 0 Å². The summed E-state index contributed by atoms with van der Waals surface area (Å²) in [5, 5.41) is 3.02. The van der Waals surface area contributed by atoms with Crippen LogP contribution in [0.25, 0.3) is 0 Å². The van der Waals surface area contributed by atoms with Crippen molar-refractivity contribution in [1.82, 2.24) is 10.3 Å². The van der Waals surface area contributed by atoms with Crippen molar-refractivity contribution in [2.75, 3.05) is 13.2 Å². The number of hydrogen-bond acceptors (Lipinski definition) is 5. The first kappa shape index (κ1) is 13.4. The molecule has 0 unspecified atom stereocenters. The van der Waals surface area contributed by atoms with Gasteiger partial charge in [0.05, 0.1) is 18.8 Å². The molecule has 0 aromatic carbocycles. The highest BCUT2D eigenvalue weighted by atomic mass is 16.5. The minimum absolute atomic E-state index is 0.357. The Balaban J connectivity index is 2.33. The van der Waals surface area contributed by atoms with Gasteiger partial charge in [-0.25, -0.2) is 9.78 Å². The van der Waals surface area contributed by atoms with Crippen LogP contribution in [0, 0.1) is 13.8 Å². The zero-order valence-electron chi connectivity index (χ0n) is 10.5. The Bertz CT molecular complexity index is 390. The summed E-state index contributed by atoms with van der Waals surface area (Å²) in [6.07, 6.45) is 0. The first-order valence-corrected chi connectivity index (χ1v) is 5.53. The van der Waals surface area contributed by atoms with Gasteiger partial charge in [-0.1, -0.05) is 6.58 Å². The van der Waals surface area contributed by atoms with Gasteiger partial charge in [0.25, 0.3) is 0 Å². The molecule has 0 radical (unpaired) electrons. The van der Waals surface area contributed by atoms with Crippen LogP contribution in [0.15, 0.2) is 16.6 Å². The van der Waals surface area contributed by atoms with Crippen LogP contribution in [-0.2, 0) is 16.1 Å². The number of ether oxygens (including phenoxy) is 1. The van der Waals surface area contributed by atoms with Crippen LogP contribution >= 0.6 is 0 Å². The predicted octanol–water partition coefficient (Wildman–Crippen LogP) is 1.50. The number of oxazole rings is 1. The molecule has 0 atom stereocenters. The Hall–Kier alpha value is -1.62. The lowest BCUT2D eigenvalue weighted by atomic mass is 10.3. The Morgan fingerprint density at radius 2 is 2.24 bits per heavy atom. The predicted molar refractivity (Wildman–Crippen MR) is 63.5 cm³/mol. The summed E-state index contributed by atoms with van der Waals surface area (Å²) in [6.45, 7) is 10.3. The highest BCUT2D eigenvalue weighted by Gasteiger charge is 2.08. The second-order valence-electron chi connectivity index (χ2n) is 3.68. The first-order valence-electron chi connectivity index (χ1n) is 5.53. The standard InChI is InChI=1S/C12H18N2O3/c1-5-16-12(15)8(2)6-13-7-11-14-9(3)10(4)17-11/h13H,2,5-7H2,1,3-4H3. The molecule has 1 aromatic rings. The van der Waals surface area contributed by atoms with Gasteiger partial charge in [0.1, 0.15) is 5.76 Å². The number of rotatable bonds is 6. The molecule has 5 heteroatoms. The van der Waals surface area contributed by atoms with Gasteiger partial charge in [-0.15, -0.1) is 0 Å². The Morgan fingerprint density at radius 1 is 1.53 bits per heavy atom. The second-order valence-corrected chi connectivity index (χ2v) is 3.68. The van der Waals surface area contributed by atoms with E-state index in [9.17, 15) is 4.79 Å². The number of aryl methyl sites for hydroxylation is 2. The Kier molecular flexibility index (Phi) is 4.90. The number of carbonyl (C=O) groups is 1. The van der Waals surface area contributed by atoms with Crippen LogP contribution in [0.2, 0.25) is 0 Å². The minimum atomic E-state index is -0.375. The molecule has 94 valence electrons. The highest BCUT2D eigenvalue weighted by molar-refractivity contribution is 5.88. The van der Waals surface area contributed by atoms with E-state index in [1.807, 2.05) is 13.8 Å².